The van der Waals surface area contributed by atoms with Gasteiger partial charge in [0.15, 0.2) is 17.1 Å². The first-order valence-corrected chi connectivity index (χ1v) is 11.8. The van der Waals surface area contributed by atoms with Crippen molar-refractivity contribution in [2.75, 3.05) is 25.1 Å². The van der Waals surface area contributed by atoms with Crippen molar-refractivity contribution in [3.8, 4) is 17.1 Å². The number of benzene rings is 1. The Labute approximate surface area is 201 Å². The highest BCUT2D eigenvalue weighted by molar-refractivity contribution is 5.68. The summed E-state index contributed by atoms with van der Waals surface area (Å²) in [5.74, 6) is 1.77. The van der Waals surface area contributed by atoms with Gasteiger partial charge in [0.2, 0.25) is 0 Å². The molecule has 0 saturated carbocycles. The highest BCUT2D eigenvalue weighted by Gasteiger charge is 2.33. The van der Waals surface area contributed by atoms with E-state index in [4.69, 9.17) is 9.47 Å². The lowest BCUT2D eigenvalue weighted by Gasteiger charge is -2.35. The van der Waals surface area contributed by atoms with Crippen molar-refractivity contribution in [2.24, 2.45) is 4.99 Å². The van der Waals surface area contributed by atoms with E-state index in [2.05, 4.69) is 27.2 Å². The number of halogens is 3. The minimum atomic E-state index is -2.90. The van der Waals surface area contributed by atoms with Gasteiger partial charge in [-0.1, -0.05) is 18.2 Å². The number of nitrogens with one attached hydrogen (secondary N) is 1. The topological polar surface area (TPSA) is 73.6 Å². The van der Waals surface area contributed by atoms with Crippen molar-refractivity contribution >= 4 is 5.82 Å². The fraction of sp³-hybridized carbons (Fsp3) is 0.480. The maximum absolute atomic E-state index is 14.8. The number of alkyl halides is 2. The SMILES string of the molecule is Cc1nc2n3c(c(OC4(C)CCOCC4)cc-2c(=N[C@H](C)c2cccc(C(F)F)c2F)n1)NCC3. The van der Waals surface area contributed by atoms with Crippen LogP contribution >= 0.6 is 0 Å². The van der Waals surface area contributed by atoms with Crippen LogP contribution in [0.1, 0.15) is 56.1 Å². The van der Waals surface area contributed by atoms with Crippen LogP contribution < -0.4 is 15.5 Å². The smallest absolute Gasteiger partial charge is 0.266 e. The average Bonchev–Trinajstić information content (AvgIpc) is 3.31. The molecule has 7 nitrogen and oxygen atoms in total. The van der Waals surface area contributed by atoms with E-state index in [1.54, 1.807) is 13.8 Å². The normalized spacial score (nSPS) is 18.5. The van der Waals surface area contributed by atoms with E-state index < -0.39 is 23.8 Å². The van der Waals surface area contributed by atoms with E-state index >= 15 is 0 Å². The number of hydrogen-bond acceptors (Lipinski definition) is 6. The Kier molecular flexibility index (Phi) is 6.16. The quantitative estimate of drug-likeness (QED) is 0.560. The van der Waals surface area contributed by atoms with Gasteiger partial charge in [0.1, 0.15) is 23.1 Å². The van der Waals surface area contributed by atoms with Crippen molar-refractivity contribution in [2.45, 2.75) is 58.2 Å². The van der Waals surface area contributed by atoms with Gasteiger partial charge in [0, 0.05) is 31.5 Å². The minimum Gasteiger partial charge on any atom is -0.484 e. The molecule has 5 rings (SSSR count). The van der Waals surface area contributed by atoms with Gasteiger partial charge < -0.3 is 19.4 Å². The third kappa shape index (κ3) is 4.47. The number of pyridine rings is 1. The van der Waals surface area contributed by atoms with E-state index in [1.807, 2.05) is 10.6 Å². The molecule has 1 aromatic rings. The van der Waals surface area contributed by atoms with Crippen LogP contribution in [-0.4, -0.2) is 39.9 Å². The fourth-order valence-electron chi connectivity index (χ4n) is 4.67. The third-order valence-electron chi connectivity index (χ3n) is 6.65. The summed E-state index contributed by atoms with van der Waals surface area (Å²) in [6.45, 7) is 8.20. The molecule has 0 bridgehead atoms. The van der Waals surface area contributed by atoms with Gasteiger partial charge >= 0.3 is 0 Å². The number of hydrogen-bond donors (Lipinski definition) is 1. The molecular formula is C25H28F3N5O2. The monoisotopic (exact) mass is 487 g/mol. The Hall–Kier alpha value is -3.14. The molecule has 1 atom stereocenters. The third-order valence-corrected chi connectivity index (χ3v) is 6.65. The molecule has 1 saturated heterocycles. The van der Waals surface area contributed by atoms with Crippen LogP contribution in [0.15, 0.2) is 29.3 Å². The zero-order valence-electron chi connectivity index (χ0n) is 19.9. The van der Waals surface area contributed by atoms with E-state index in [1.165, 1.54) is 12.1 Å². The molecule has 0 spiro atoms. The summed E-state index contributed by atoms with van der Waals surface area (Å²) >= 11 is 0. The Morgan fingerprint density at radius 2 is 1.94 bits per heavy atom. The van der Waals surface area contributed by atoms with E-state index in [-0.39, 0.29) is 11.2 Å². The predicted molar refractivity (Wildman–Crippen MR) is 124 cm³/mol. The van der Waals surface area contributed by atoms with Gasteiger partial charge in [-0.3, -0.25) is 4.99 Å². The second-order valence-electron chi connectivity index (χ2n) is 9.29. The zero-order valence-corrected chi connectivity index (χ0v) is 19.9. The molecule has 0 unspecified atom stereocenters. The van der Waals surface area contributed by atoms with Crippen LogP contribution in [0.2, 0.25) is 0 Å². The molecule has 4 heterocycles. The van der Waals surface area contributed by atoms with Gasteiger partial charge in [-0.2, -0.15) is 0 Å². The molecule has 4 aliphatic rings. The second-order valence-corrected chi connectivity index (χ2v) is 9.29. The molecule has 0 aliphatic carbocycles. The molecule has 35 heavy (non-hydrogen) atoms. The highest BCUT2D eigenvalue weighted by Crippen LogP contribution is 2.38. The van der Waals surface area contributed by atoms with Gasteiger partial charge in [0.25, 0.3) is 6.43 Å². The lowest BCUT2D eigenvalue weighted by atomic mass is 9.96. The molecule has 186 valence electrons. The Bertz CT molecular complexity index is 1290. The van der Waals surface area contributed by atoms with Crippen molar-refractivity contribution in [3.63, 3.8) is 0 Å². The molecule has 0 radical (unpaired) electrons. The number of aryl methyl sites for hydroxylation is 1. The van der Waals surface area contributed by atoms with E-state index in [0.29, 0.717) is 48.2 Å². The lowest BCUT2D eigenvalue weighted by molar-refractivity contribution is -0.0341. The minimum absolute atomic E-state index is 0.0916. The number of ether oxygens (including phenoxy) is 2. The molecular weight excluding hydrogens is 459 g/mol. The lowest BCUT2D eigenvalue weighted by Crippen LogP contribution is -2.39. The fourth-order valence-corrected chi connectivity index (χ4v) is 4.67. The summed E-state index contributed by atoms with van der Waals surface area (Å²) in [7, 11) is 0. The van der Waals surface area contributed by atoms with Crippen molar-refractivity contribution in [1.82, 2.24) is 14.5 Å². The summed E-state index contributed by atoms with van der Waals surface area (Å²) in [5, 5.41) is 3.39. The van der Waals surface area contributed by atoms with E-state index in [9.17, 15) is 13.2 Å². The predicted octanol–water partition coefficient (Wildman–Crippen LogP) is 4.80. The number of fused-ring (bicyclic) bond motifs is 3. The molecule has 0 aromatic heterocycles. The Morgan fingerprint density at radius 3 is 2.69 bits per heavy atom. The van der Waals surface area contributed by atoms with Crippen molar-refractivity contribution in [3.05, 3.63) is 52.5 Å². The maximum atomic E-state index is 14.8. The number of aromatic nitrogens is 3. The summed E-state index contributed by atoms with van der Waals surface area (Å²) in [4.78, 5) is 13.8. The Morgan fingerprint density at radius 1 is 1.20 bits per heavy atom. The molecule has 4 aliphatic heterocycles. The molecule has 0 amide bonds. The highest BCUT2D eigenvalue weighted by atomic mass is 19.3. The van der Waals surface area contributed by atoms with Gasteiger partial charge in [0.05, 0.1) is 30.4 Å². The number of rotatable bonds is 5. The van der Waals surface area contributed by atoms with Gasteiger partial charge in [-0.25, -0.2) is 23.1 Å². The number of nitrogens with zero attached hydrogens (tertiary/aromatic N) is 4. The molecule has 1 fully saturated rings. The van der Waals surface area contributed by atoms with Crippen LogP contribution in [-0.2, 0) is 11.3 Å². The van der Waals surface area contributed by atoms with Crippen LogP contribution in [0.3, 0.4) is 0 Å². The van der Waals surface area contributed by atoms with Gasteiger partial charge in [-0.15, -0.1) is 0 Å². The number of anilines is 1. The summed E-state index contributed by atoms with van der Waals surface area (Å²) < 4.78 is 55.3. The Balaban J connectivity index is 1.63. The second kappa shape index (κ2) is 9.14. The van der Waals surface area contributed by atoms with Gasteiger partial charge in [-0.05, 0) is 26.8 Å². The van der Waals surface area contributed by atoms with E-state index in [0.717, 1.165) is 31.3 Å². The van der Waals surface area contributed by atoms with Crippen LogP contribution in [0.4, 0.5) is 19.0 Å². The molecule has 10 heteroatoms. The first kappa shape index (κ1) is 23.6. The van der Waals surface area contributed by atoms with Crippen LogP contribution in [0.25, 0.3) is 11.4 Å². The van der Waals surface area contributed by atoms with Crippen molar-refractivity contribution in [1.29, 1.82) is 0 Å². The standard InChI is InChI=1S/C25H28F3N5O2/c1-14(16-5-4-6-17(20(16)26)21(27)28)30-22-18-13-19(35-25(3)7-11-34-12-8-25)24-29-9-10-33(24)23(18)32-15(2)31-22/h4-6,13-14,21,29H,7-12H2,1-3H3/t14-/m1/s1. The maximum Gasteiger partial charge on any atom is 0.266 e. The first-order chi connectivity index (χ1) is 16.8. The molecule has 1 N–H and O–H groups in total. The largest absolute Gasteiger partial charge is 0.484 e. The average molecular weight is 488 g/mol. The zero-order chi connectivity index (χ0) is 24.7. The summed E-state index contributed by atoms with van der Waals surface area (Å²) in [5.41, 5.74) is 0.110. The summed E-state index contributed by atoms with van der Waals surface area (Å²) in [6.07, 6.45) is -1.37. The van der Waals surface area contributed by atoms with Crippen molar-refractivity contribution < 1.29 is 22.6 Å². The first-order valence-electron chi connectivity index (χ1n) is 11.8. The van der Waals surface area contributed by atoms with Crippen LogP contribution in [0, 0.1) is 12.7 Å². The molecule has 1 aromatic carbocycles. The van der Waals surface area contributed by atoms with Crippen LogP contribution in [0.5, 0.6) is 5.75 Å². The summed E-state index contributed by atoms with van der Waals surface area (Å²) in [6, 6.07) is 5.12.